The summed E-state index contributed by atoms with van der Waals surface area (Å²) in [5.74, 6) is 1.11. The van der Waals surface area contributed by atoms with Crippen LogP contribution >= 0.6 is 11.6 Å². The van der Waals surface area contributed by atoms with Gasteiger partial charge in [0, 0.05) is 18.0 Å². The largest absolute Gasteiger partial charge is 0.493 e. The number of halogens is 1. The highest BCUT2D eigenvalue weighted by molar-refractivity contribution is 6.32. The number of hydrogen-bond donors (Lipinski definition) is 1. The molecule has 1 atom stereocenters. The molecule has 6 heteroatoms. The van der Waals surface area contributed by atoms with Gasteiger partial charge in [-0.1, -0.05) is 11.6 Å². The van der Waals surface area contributed by atoms with Crippen LogP contribution in [0.4, 0.5) is 0 Å². The maximum Gasteiger partial charge on any atom is 0.179 e. The molecule has 0 aliphatic heterocycles. The molecule has 1 unspecified atom stereocenters. The average molecular weight is 294 g/mol. The summed E-state index contributed by atoms with van der Waals surface area (Å²) in [4.78, 5) is 8.08. The standard InChI is InChI=1S/C14H16ClN3O2/c1-16-13(10-6-17-8-18-7-10)9-4-11(15)14(20-3)12(5-9)19-2/h4-8,13,16H,1-3H3. The SMILES string of the molecule is CNC(c1cncnc1)c1cc(Cl)c(OC)c(OC)c1. The van der Waals surface area contributed by atoms with E-state index in [-0.39, 0.29) is 6.04 Å². The average Bonchev–Trinajstić information content (AvgIpc) is 2.48. The molecule has 0 aliphatic carbocycles. The van der Waals surface area contributed by atoms with Crippen molar-refractivity contribution in [2.45, 2.75) is 6.04 Å². The predicted octanol–water partition coefficient (Wildman–Crippen LogP) is 2.46. The first-order valence-electron chi connectivity index (χ1n) is 6.04. The Kier molecular flexibility index (Phi) is 4.76. The third-order valence-electron chi connectivity index (χ3n) is 2.99. The van der Waals surface area contributed by atoms with E-state index < -0.39 is 0 Å². The molecular formula is C14H16ClN3O2. The van der Waals surface area contributed by atoms with Gasteiger partial charge in [0.05, 0.1) is 25.3 Å². The van der Waals surface area contributed by atoms with Crippen molar-refractivity contribution in [3.63, 3.8) is 0 Å². The molecular weight excluding hydrogens is 278 g/mol. The maximum absolute atomic E-state index is 6.24. The van der Waals surface area contributed by atoms with Crippen molar-refractivity contribution in [3.8, 4) is 11.5 Å². The second-order valence-electron chi connectivity index (χ2n) is 4.13. The molecule has 1 heterocycles. The van der Waals surface area contributed by atoms with Gasteiger partial charge in [-0.3, -0.25) is 0 Å². The fourth-order valence-corrected chi connectivity index (χ4v) is 2.39. The van der Waals surface area contributed by atoms with Crippen LogP contribution in [-0.4, -0.2) is 31.2 Å². The molecule has 0 saturated heterocycles. The minimum atomic E-state index is -0.0755. The molecule has 2 rings (SSSR count). The van der Waals surface area contributed by atoms with E-state index in [1.54, 1.807) is 26.6 Å². The normalized spacial score (nSPS) is 12.0. The number of ether oxygens (including phenoxy) is 2. The molecule has 1 aromatic heterocycles. The van der Waals surface area contributed by atoms with Crippen LogP contribution in [-0.2, 0) is 0 Å². The Morgan fingerprint density at radius 3 is 2.35 bits per heavy atom. The Labute approximate surface area is 122 Å². The molecule has 0 aliphatic rings. The van der Waals surface area contributed by atoms with Gasteiger partial charge in [0.15, 0.2) is 11.5 Å². The maximum atomic E-state index is 6.24. The van der Waals surface area contributed by atoms with Crippen LogP contribution in [0.25, 0.3) is 0 Å². The van der Waals surface area contributed by atoms with Gasteiger partial charge >= 0.3 is 0 Å². The molecule has 1 aromatic carbocycles. The van der Waals surface area contributed by atoms with E-state index in [4.69, 9.17) is 21.1 Å². The van der Waals surface area contributed by atoms with Crippen LogP contribution in [0.5, 0.6) is 11.5 Å². The first-order chi connectivity index (χ1) is 9.71. The summed E-state index contributed by atoms with van der Waals surface area (Å²) in [6.45, 7) is 0. The van der Waals surface area contributed by atoms with Crippen molar-refractivity contribution in [1.29, 1.82) is 0 Å². The van der Waals surface area contributed by atoms with Crippen molar-refractivity contribution in [1.82, 2.24) is 15.3 Å². The summed E-state index contributed by atoms with van der Waals surface area (Å²) in [6, 6.07) is 3.66. The Bertz CT molecular complexity index is 578. The monoisotopic (exact) mass is 293 g/mol. The molecule has 5 nitrogen and oxygen atoms in total. The molecule has 0 saturated carbocycles. The quantitative estimate of drug-likeness (QED) is 0.918. The highest BCUT2D eigenvalue weighted by atomic mass is 35.5. The second-order valence-corrected chi connectivity index (χ2v) is 4.54. The summed E-state index contributed by atoms with van der Waals surface area (Å²) < 4.78 is 10.6. The molecule has 106 valence electrons. The molecule has 0 bridgehead atoms. The Morgan fingerprint density at radius 2 is 1.80 bits per heavy atom. The van der Waals surface area contributed by atoms with Crippen LogP contribution in [0.3, 0.4) is 0 Å². The lowest BCUT2D eigenvalue weighted by atomic mass is 10.0. The van der Waals surface area contributed by atoms with Crippen LogP contribution in [0.2, 0.25) is 5.02 Å². The lowest BCUT2D eigenvalue weighted by molar-refractivity contribution is 0.354. The lowest BCUT2D eigenvalue weighted by Gasteiger charge is -2.19. The van der Waals surface area contributed by atoms with Gasteiger partial charge in [-0.05, 0) is 24.7 Å². The number of methoxy groups -OCH3 is 2. The van der Waals surface area contributed by atoms with Crippen molar-refractivity contribution in [2.24, 2.45) is 0 Å². The van der Waals surface area contributed by atoms with E-state index >= 15 is 0 Å². The highest BCUT2D eigenvalue weighted by Gasteiger charge is 2.18. The second kappa shape index (κ2) is 6.54. The van der Waals surface area contributed by atoms with E-state index in [1.807, 2.05) is 19.2 Å². The van der Waals surface area contributed by atoms with Gasteiger partial charge in [0.25, 0.3) is 0 Å². The summed E-state index contributed by atoms with van der Waals surface area (Å²) in [7, 11) is 5.00. The van der Waals surface area contributed by atoms with Gasteiger partial charge < -0.3 is 14.8 Å². The fraction of sp³-hybridized carbons (Fsp3) is 0.286. The summed E-state index contributed by atoms with van der Waals surface area (Å²) in [5.41, 5.74) is 1.89. The molecule has 20 heavy (non-hydrogen) atoms. The fourth-order valence-electron chi connectivity index (χ4n) is 2.09. The zero-order valence-corrected chi connectivity index (χ0v) is 12.3. The topological polar surface area (TPSA) is 56.3 Å². The van der Waals surface area contributed by atoms with E-state index in [0.717, 1.165) is 11.1 Å². The number of rotatable bonds is 5. The summed E-state index contributed by atoms with van der Waals surface area (Å²) in [5, 5.41) is 3.71. The van der Waals surface area contributed by atoms with Gasteiger partial charge in [0.2, 0.25) is 0 Å². The van der Waals surface area contributed by atoms with Crippen molar-refractivity contribution in [3.05, 3.63) is 47.0 Å². The number of benzene rings is 1. The number of hydrogen-bond acceptors (Lipinski definition) is 5. The van der Waals surface area contributed by atoms with E-state index in [1.165, 1.54) is 6.33 Å². The molecule has 2 aromatic rings. The van der Waals surface area contributed by atoms with Gasteiger partial charge in [-0.2, -0.15) is 0 Å². The predicted molar refractivity (Wildman–Crippen MR) is 77.5 cm³/mol. The highest BCUT2D eigenvalue weighted by Crippen LogP contribution is 2.38. The van der Waals surface area contributed by atoms with Crippen LogP contribution in [0, 0.1) is 0 Å². The molecule has 0 amide bonds. The number of nitrogens with zero attached hydrogens (tertiary/aromatic N) is 2. The van der Waals surface area contributed by atoms with Crippen molar-refractivity contribution < 1.29 is 9.47 Å². The Balaban J connectivity index is 2.48. The van der Waals surface area contributed by atoms with Crippen LogP contribution in [0.15, 0.2) is 30.9 Å². The summed E-state index contributed by atoms with van der Waals surface area (Å²) >= 11 is 6.24. The van der Waals surface area contributed by atoms with Crippen LogP contribution in [0.1, 0.15) is 17.2 Å². The van der Waals surface area contributed by atoms with Crippen molar-refractivity contribution >= 4 is 11.6 Å². The van der Waals surface area contributed by atoms with Gasteiger partial charge in [0.1, 0.15) is 6.33 Å². The third-order valence-corrected chi connectivity index (χ3v) is 3.27. The molecule has 0 fully saturated rings. The zero-order chi connectivity index (χ0) is 14.5. The van der Waals surface area contributed by atoms with E-state index in [9.17, 15) is 0 Å². The smallest absolute Gasteiger partial charge is 0.179 e. The van der Waals surface area contributed by atoms with Gasteiger partial charge in [-0.25, -0.2) is 9.97 Å². The van der Waals surface area contributed by atoms with E-state index in [0.29, 0.717) is 16.5 Å². The number of aromatic nitrogens is 2. The molecule has 1 N–H and O–H groups in total. The lowest BCUT2D eigenvalue weighted by Crippen LogP contribution is -2.18. The van der Waals surface area contributed by atoms with E-state index in [2.05, 4.69) is 15.3 Å². The Morgan fingerprint density at radius 1 is 1.10 bits per heavy atom. The minimum absolute atomic E-state index is 0.0755. The third kappa shape index (κ3) is 2.84. The summed E-state index contributed by atoms with van der Waals surface area (Å²) in [6.07, 6.45) is 5.02. The first-order valence-corrected chi connectivity index (χ1v) is 6.42. The minimum Gasteiger partial charge on any atom is -0.493 e. The zero-order valence-electron chi connectivity index (χ0n) is 11.6. The Hall–Kier alpha value is -1.85. The number of nitrogens with one attached hydrogen (secondary N) is 1. The van der Waals surface area contributed by atoms with Gasteiger partial charge in [-0.15, -0.1) is 0 Å². The first kappa shape index (κ1) is 14.6. The molecule has 0 spiro atoms. The van der Waals surface area contributed by atoms with Crippen LogP contribution < -0.4 is 14.8 Å². The van der Waals surface area contributed by atoms with Crippen molar-refractivity contribution in [2.75, 3.05) is 21.3 Å². The molecule has 0 radical (unpaired) electrons.